The van der Waals surface area contributed by atoms with Gasteiger partial charge >= 0.3 is 0 Å². The summed E-state index contributed by atoms with van der Waals surface area (Å²) in [5.41, 5.74) is 0. The topological polar surface area (TPSA) is 34.1 Å². The Kier molecular flexibility index (Phi) is 5.22. The van der Waals surface area contributed by atoms with Gasteiger partial charge in [0.05, 0.1) is 12.1 Å². The van der Waals surface area contributed by atoms with Crippen molar-refractivity contribution in [1.29, 1.82) is 0 Å². The zero-order valence-electron chi connectivity index (χ0n) is 9.86. The molecule has 0 aliphatic heterocycles. The molecule has 0 aliphatic rings. The van der Waals surface area contributed by atoms with E-state index >= 15 is 0 Å². The van der Waals surface area contributed by atoms with Crippen LogP contribution in [0.25, 0.3) is 0 Å². The normalized spacial score (nSPS) is 17.3. The van der Waals surface area contributed by atoms with Crippen molar-refractivity contribution in [3.8, 4) is 0 Å². The number of rotatable bonds is 6. The van der Waals surface area contributed by atoms with Gasteiger partial charge in [-0.2, -0.15) is 0 Å². The Morgan fingerprint density at radius 2 is 2.27 bits per heavy atom. The SMILES string of the molecule is CCC(NC(C)C(C)OC)c1nccs1. The molecule has 0 saturated carbocycles. The summed E-state index contributed by atoms with van der Waals surface area (Å²) in [5, 5.41) is 6.72. The summed E-state index contributed by atoms with van der Waals surface area (Å²) < 4.78 is 5.30. The largest absolute Gasteiger partial charge is 0.380 e. The summed E-state index contributed by atoms with van der Waals surface area (Å²) in [5.74, 6) is 0. The second-order valence-corrected chi connectivity index (χ2v) is 4.65. The first-order chi connectivity index (χ1) is 7.19. The predicted molar refractivity (Wildman–Crippen MR) is 64.2 cm³/mol. The summed E-state index contributed by atoms with van der Waals surface area (Å²) >= 11 is 1.70. The van der Waals surface area contributed by atoms with Gasteiger partial charge in [-0.15, -0.1) is 11.3 Å². The molecule has 3 atom stereocenters. The van der Waals surface area contributed by atoms with Crippen LogP contribution in [-0.2, 0) is 4.74 Å². The standard InChI is InChI=1S/C11H20N2OS/c1-5-10(11-12-6-7-15-11)13-8(2)9(3)14-4/h6-10,13H,5H2,1-4H3. The van der Waals surface area contributed by atoms with Gasteiger partial charge in [0.25, 0.3) is 0 Å². The van der Waals surface area contributed by atoms with Crippen molar-refractivity contribution in [3.05, 3.63) is 16.6 Å². The molecule has 0 spiro atoms. The maximum Gasteiger partial charge on any atom is 0.109 e. The quantitative estimate of drug-likeness (QED) is 0.812. The lowest BCUT2D eigenvalue weighted by molar-refractivity contribution is 0.0841. The van der Waals surface area contributed by atoms with Gasteiger partial charge in [0, 0.05) is 24.7 Å². The molecular weight excluding hydrogens is 208 g/mol. The lowest BCUT2D eigenvalue weighted by atomic mass is 10.1. The highest BCUT2D eigenvalue weighted by atomic mass is 32.1. The van der Waals surface area contributed by atoms with Gasteiger partial charge in [-0.3, -0.25) is 0 Å². The first-order valence-electron chi connectivity index (χ1n) is 5.37. The molecule has 15 heavy (non-hydrogen) atoms. The van der Waals surface area contributed by atoms with Crippen LogP contribution in [0.1, 0.15) is 38.2 Å². The third-order valence-corrected chi connectivity index (χ3v) is 3.59. The van der Waals surface area contributed by atoms with Crippen molar-refractivity contribution in [3.63, 3.8) is 0 Å². The highest BCUT2D eigenvalue weighted by Crippen LogP contribution is 2.19. The molecule has 0 aromatic carbocycles. The third-order valence-electron chi connectivity index (χ3n) is 2.70. The number of hydrogen-bond acceptors (Lipinski definition) is 4. The van der Waals surface area contributed by atoms with E-state index in [1.807, 2.05) is 11.6 Å². The fourth-order valence-corrected chi connectivity index (χ4v) is 2.21. The van der Waals surface area contributed by atoms with E-state index in [4.69, 9.17) is 4.74 Å². The Bertz CT molecular complexity index is 264. The number of hydrogen-bond donors (Lipinski definition) is 1. The Morgan fingerprint density at radius 3 is 2.73 bits per heavy atom. The van der Waals surface area contributed by atoms with Crippen LogP contribution in [0.5, 0.6) is 0 Å². The number of ether oxygens (including phenoxy) is 1. The number of nitrogens with one attached hydrogen (secondary N) is 1. The van der Waals surface area contributed by atoms with Crippen molar-refractivity contribution in [2.24, 2.45) is 0 Å². The molecule has 0 saturated heterocycles. The zero-order chi connectivity index (χ0) is 11.3. The van der Waals surface area contributed by atoms with Gasteiger partial charge in [0.15, 0.2) is 0 Å². The van der Waals surface area contributed by atoms with Gasteiger partial charge in [-0.25, -0.2) is 4.98 Å². The maximum atomic E-state index is 5.30. The second-order valence-electron chi connectivity index (χ2n) is 3.73. The van der Waals surface area contributed by atoms with Crippen LogP contribution < -0.4 is 5.32 Å². The second kappa shape index (κ2) is 6.20. The molecule has 1 heterocycles. The average molecular weight is 228 g/mol. The smallest absolute Gasteiger partial charge is 0.109 e. The van der Waals surface area contributed by atoms with Crippen LogP contribution in [0, 0.1) is 0 Å². The lowest BCUT2D eigenvalue weighted by Crippen LogP contribution is -2.38. The minimum atomic E-state index is 0.221. The number of thiazole rings is 1. The van der Waals surface area contributed by atoms with Crippen molar-refractivity contribution in [2.45, 2.75) is 45.4 Å². The van der Waals surface area contributed by atoms with E-state index in [2.05, 4.69) is 31.1 Å². The Hall–Kier alpha value is -0.450. The van der Waals surface area contributed by atoms with Crippen molar-refractivity contribution in [2.75, 3.05) is 7.11 Å². The van der Waals surface area contributed by atoms with Crippen LogP contribution in [0.2, 0.25) is 0 Å². The summed E-state index contributed by atoms with van der Waals surface area (Å²) in [6.45, 7) is 6.39. The Labute approximate surface area is 95.9 Å². The van der Waals surface area contributed by atoms with Crippen molar-refractivity contribution < 1.29 is 4.74 Å². The van der Waals surface area contributed by atoms with E-state index in [0.29, 0.717) is 12.1 Å². The highest BCUT2D eigenvalue weighted by Gasteiger charge is 2.18. The molecule has 1 rings (SSSR count). The van der Waals surface area contributed by atoms with Gasteiger partial charge in [0.2, 0.25) is 0 Å². The van der Waals surface area contributed by atoms with E-state index in [1.54, 1.807) is 18.4 Å². The fraction of sp³-hybridized carbons (Fsp3) is 0.727. The molecule has 1 N–H and O–H groups in total. The van der Waals surface area contributed by atoms with Crippen molar-refractivity contribution in [1.82, 2.24) is 10.3 Å². The van der Waals surface area contributed by atoms with E-state index in [1.165, 1.54) is 0 Å². The van der Waals surface area contributed by atoms with Gasteiger partial charge in [0.1, 0.15) is 5.01 Å². The lowest BCUT2D eigenvalue weighted by Gasteiger charge is -2.24. The molecule has 3 nitrogen and oxygen atoms in total. The highest BCUT2D eigenvalue weighted by molar-refractivity contribution is 7.09. The monoisotopic (exact) mass is 228 g/mol. The molecular formula is C11H20N2OS. The Balaban J connectivity index is 2.54. The van der Waals surface area contributed by atoms with E-state index in [9.17, 15) is 0 Å². The average Bonchev–Trinajstić information content (AvgIpc) is 2.77. The summed E-state index contributed by atoms with van der Waals surface area (Å²) in [4.78, 5) is 4.34. The molecule has 1 aromatic heterocycles. The minimum absolute atomic E-state index is 0.221. The number of methoxy groups -OCH3 is 1. The predicted octanol–water partition coefficient (Wildman–Crippen LogP) is 2.61. The zero-order valence-corrected chi connectivity index (χ0v) is 10.7. The van der Waals surface area contributed by atoms with Crippen LogP contribution >= 0.6 is 11.3 Å². The van der Waals surface area contributed by atoms with Gasteiger partial charge in [-0.1, -0.05) is 6.92 Å². The summed E-state index contributed by atoms with van der Waals surface area (Å²) in [7, 11) is 1.74. The molecule has 1 aromatic rings. The van der Waals surface area contributed by atoms with Gasteiger partial charge in [-0.05, 0) is 20.3 Å². The first-order valence-corrected chi connectivity index (χ1v) is 6.25. The molecule has 86 valence electrons. The van der Waals surface area contributed by atoms with Crippen LogP contribution in [-0.4, -0.2) is 24.2 Å². The van der Waals surface area contributed by atoms with Crippen LogP contribution in [0.4, 0.5) is 0 Å². The van der Waals surface area contributed by atoms with E-state index in [0.717, 1.165) is 11.4 Å². The molecule has 0 amide bonds. The minimum Gasteiger partial charge on any atom is -0.380 e. The summed E-state index contributed by atoms with van der Waals surface area (Å²) in [6.07, 6.45) is 3.13. The third kappa shape index (κ3) is 3.55. The molecule has 0 bridgehead atoms. The molecule has 0 aliphatic carbocycles. The summed E-state index contributed by atoms with van der Waals surface area (Å²) in [6, 6.07) is 0.682. The molecule has 0 radical (unpaired) electrons. The maximum absolute atomic E-state index is 5.30. The fourth-order valence-electron chi connectivity index (χ4n) is 1.43. The molecule has 0 fully saturated rings. The molecule has 3 unspecified atom stereocenters. The Morgan fingerprint density at radius 1 is 1.53 bits per heavy atom. The van der Waals surface area contributed by atoms with E-state index < -0.39 is 0 Å². The number of aromatic nitrogens is 1. The van der Waals surface area contributed by atoms with Crippen LogP contribution in [0.3, 0.4) is 0 Å². The van der Waals surface area contributed by atoms with Gasteiger partial charge < -0.3 is 10.1 Å². The van der Waals surface area contributed by atoms with E-state index in [-0.39, 0.29) is 6.10 Å². The van der Waals surface area contributed by atoms with Crippen LogP contribution in [0.15, 0.2) is 11.6 Å². The first kappa shape index (κ1) is 12.6. The molecule has 4 heteroatoms. The van der Waals surface area contributed by atoms with Crippen molar-refractivity contribution >= 4 is 11.3 Å². The number of nitrogens with zero attached hydrogens (tertiary/aromatic N) is 1.